The third-order valence-corrected chi connectivity index (χ3v) is 1.37. The van der Waals surface area contributed by atoms with Crippen molar-refractivity contribution >= 4 is 17.9 Å². The molecule has 146 valence electrons. The Balaban J connectivity index is -0.000000126. The first-order valence-electron chi connectivity index (χ1n) is 6.66. The Morgan fingerprint density at radius 1 is 0.640 bits per heavy atom. The van der Waals surface area contributed by atoms with Crippen LogP contribution in [-0.4, -0.2) is 83.1 Å². The molecule has 0 fully saturated rings. The lowest BCUT2D eigenvalue weighted by molar-refractivity contribution is -0.132. The second-order valence-corrected chi connectivity index (χ2v) is 3.30. The highest BCUT2D eigenvalue weighted by atomic mass is 16.5. The molecule has 10 heteroatoms. The van der Waals surface area contributed by atoms with E-state index in [0.717, 1.165) is 18.2 Å². The van der Waals surface area contributed by atoms with Crippen molar-refractivity contribution < 1.29 is 49.4 Å². The minimum absolute atomic E-state index is 0.0417. The number of hydrogen-bond acceptors (Lipinski definition) is 7. The Kier molecular flexibility index (Phi) is 35.8. The van der Waals surface area contributed by atoms with Crippen molar-refractivity contribution in [2.75, 3.05) is 39.6 Å². The molecule has 0 spiro atoms. The van der Waals surface area contributed by atoms with Gasteiger partial charge in [0.15, 0.2) is 0 Å². The summed E-state index contributed by atoms with van der Waals surface area (Å²) in [5.74, 6) is -2.94. The molecular weight excluding hydrogens is 340 g/mol. The lowest BCUT2D eigenvalue weighted by atomic mass is 10.7. The molecule has 0 rings (SSSR count). The van der Waals surface area contributed by atoms with E-state index in [4.69, 9.17) is 35.0 Å². The molecule has 0 aliphatic heterocycles. The van der Waals surface area contributed by atoms with Gasteiger partial charge in [-0.25, -0.2) is 14.4 Å². The number of carboxylic acid groups (broad SMARTS) is 3. The van der Waals surface area contributed by atoms with Gasteiger partial charge in [-0.15, -0.1) is 0 Å². The predicted molar refractivity (Wildman–Crippen MR) is 89.3 cm³/mol. The van der Waals surface area contributed by atoms with Crippen LogP contribution in [0.3, 0.4) is 0 Å². The van der Waals surface area contributed by atoms with E-state index in [1.807, 2.05) is 0 Å². The normalized spacial score (nSPS) is 7.92. The second kappa shape index (κ2) is 29.5. The van der Waals surface area contributed by atoms with Crippen LogP contribution in [0.15, 0.2) is 38.0 Å². The second-order valence-electron chi connectivity index (χ2n) is 3.30. The maximum Gasteiger partial charge on any atom is 0.327 e. The van der Waals surface area contributed by atoms with Crippen LogP contribution in [0.5, 0.6) is 0 Å². The van der Waals surface area contributed by atoms with Crippen molar-refractivity contribution in [3.63, 3.8) is 0 Å². The molecule has 25 heavy (non-hydrogen) atoms. The summed E-state index contributed by atoms with van der Waals surface area (Å²) in [6, 6.07) is 0. The van der Waals surface area contributed by atoms with Gasteiger partial charge in [0.1, 0.15) is 0 Å². The first kappa shape index (κ1) is 30.4. The summed E-state index contributed by atoms with van der Waals surface area (Å²) in [7, 11) is 0. The molecule has 0 unspecified atom stereocenters. The van der Waals surface area contributed by atoms with E-state index in [1.54, 1.807) is 0 Å². The van der Waals surface area contributed by atoms with Crippen LogP contribution in [0.1, 0.15) is 0 Å². The molecule has 0 aromatic rings. The SMILES string of the molecule is C=CC(=O)O.C=CC(=O)O.C=CC(=O)O.OCCOCCOCCO. The van der Waals surface area contributed by atoms with Gasteiger partial charge in [-0.3, -0.25) is 0 Å². The third kappa shape index (κ3) is 74.2. The molecule has 0 radical (unpaired) electrons. The molecule has 0 atom stereocenters. The lowest BCUT2D eigenvalue weighted by Crippen LogP contribution is -2.09. The van der Waals surface area contributed by atoms with Gasteiger partial charge < -0.3 is 35.0 Å². The van der Waals surface area contributed by atoms with Crippen LogP contribution >= 0.6 is 0 Å². The summed E-state index contributed by atoms with van der Waals surface area (Å²) in [5, 5.41) is 39.3. The zero-order chi connectivity index (χ0) is 20.5. The number of ether oxygens (including phenoxy) is 2. The van der Waals surface area contributed by atoms with E-state index in [2.05, 4.69) is 19.7 Å². The number of hydrogen-bond donors (Lipinski definition) is 5. The topological polar surface area (TPSA) is 171 Å². The lowest BCUT2D eigenvalue weighted by Gasteiger charge is -2.01. The van der Waals surface area contributed by atoms with Crippen LogP contribution in [0, 0.1) is 0 Å². The molecule has 0 bridgehead atoms. The van der Waals surface area contributed by atoms with Gasteiger partial charge >= 0.3 is 17.9 Å². The molecule has 5 N–H and O–H groups in total. The number of aliphatic carboxylic acids is 3. The number of aliphatic hydroxyl groups is 2. The maximum absolute atomic E-state index is 9.25. The Morgan fingerprint density at radius 2 is 0.840 bits per heavy atom. The molecular formula is C15H26O10. The smallest absolute Gasteiger partial charge is 0.327 e. The van der Waals surface area contributed by atoms with Crippen molar-refractivity contribution in [2.45, 2.75) is 0 Å². The Labute approximate surface area is 145 Å². The van der Waals surface area contributed by atoms with E-state index in [0.29, 0.717) is 26.4 Å². The first-order valence-corrected chi connectivity index (χ1v) is 6.66. The maximum atomic E-state index is 9.25. The average molecular weight is 366 g/mol. The minimum Gasteiger partial charge on any atom is -0.478 e. The van der Waals surface area contributed by atoms with Crippen molar-refractivity contribution in [3.8, 4) is 0 Å². The summed E-state index contributed by atoms with van der Waals surface area (Å²) < 4.78 is 9.75. The van der Waals surface area contributed by atoms with E-state index >= 15 is 0 Å². The van der Waals surface area contributed by atoms with Gasteiger partial charge in [0, 0.05) is 18.2 Å². The van der Waals surface area contributed by atoms with Gasteiger partial charge in [-0.2, -0.15) is 0 Å². The minimum atomic E-state index is -0.981. The summed E-state index contributed by atoms with van der Waals surface area (Å²) in [5.41, 5.74) is 0. The summed E-state index contributed by atoms with van der Waals surface area (Å²) in [6.07, 6.45) is 2.50. The van der Waals surface area contributed by atoms with Crippen LogP contribution in [0.25, 0.3) is 0 Å². The summed E-state index contributed by atoms with van der Waals surface area (Å²) in [6.45, 7) is 10.6. The highest BCUT2D eigenvalue weighted by molar-refractivity contribution is 5.79. The van der Waals surface area contributed by atoms with Gasteiger partial charge in [0.25, 0.3) is 0 Å². The molecule has 0 aromatic carbocycles. The van der Waals surface area contributed by atoms with Crippen molar-refractivity contribution in [3.05, 3.63) is 38.0 Å². The quantitative estimate of drug-likeness (QED) is 0.257. The van der Waals surface area contributed by atoms with E-state index < -0.39 is 17.9 Å². The third-order valence-electron chi connectivity index (χ3n) is 1.37. The fraction of sp³-hybridized carbons (Fsp3) is 0.400. The fourth-order valence-corrected chi connectivity index (χ4v) is 0.451. The van der Waals surface area contributed by atoms with Gasteiger partial charge in [-0.05, 0) is 0 Å². The molecule has 0 saturated heterocycles. The molecule has 0 amide bonds. The highest BCUT2D eigenvalue weighted by Gasteiger charge is 1.86. The fourth-order valence-electron chi connectivity index (χ4n) is 0.451. The number of rotatable bonds is 10. The standard InChI is InChI=1S/C6H14O4.3C3H4O2/c7-1-3-9-5-6-10-4-2-8;3*1-2-3(4)5/h7-8H,1-6H2;3*2H,1H2,(H,4,5). The van der Waals surface area contributed by atoms with Gasteiger partial charge in [0.2, 0.25) is 0 Å². The Morgan fingerprint density at radius 3 is 0.960 bits per heavy atom. The first-order chi connectivity index (χ1) is 11.7. The molecule has 0 aliphatic rings. The van der Waals surface area contributed by atoms with Crippen LogP contribution in [0.4, 0.5) is 0 Å². The zero-order valence-electron chi connectivity index (χ0n) is 13.9. The number of carboxylic acids is 3. The summed E-state index contributed by atoms with van der Waals surface area (Å²) >= 11 is 0. The number of aliphatic hydroxyl groups excluding tert-OH is 2. The highest BCUT2D eigenvalue weighted by Crippen LogP contribution is 1.76. The van der Waals surface area contributed by atoms with Crippen LogP contribution < -0.4 is 0 Å². The average Bonchev–Trinajstić information content (AvgIpc) is 2.59. The monoisotopic (exact) mass is 366 g/mol. The van der Waals surface area contributed by atoms with E-state index in [1.165, 1.54) is 0 Å². The van der Waals surface area contributed by atoms with Crippen molar-refractivity contribution in [1.82, 2.24) is 0 Å². The number of carbonyl (C=O) groups is 3. The van der Waals surface area contributed by atoms with Crippen LogP contribution in [0.2, 0.25) is 0 Å². The molecule has 0 aliphatic carbocycles. The van der Waals surface area contributed by atoms with E-state index in [9.17, 15) is 14.4 Å². The van der Waals surface area contributed by atoms with Crippen molar-refractivity contribution in [1.29, 1.82) is 0 Å². The predicted octanol–water partition coefficient (Wildman–Crippen LogP) is -0.225. The summed E-state index contributed by atoms with van der Waals surface area (Å²) in [4.78, 5) is 27.8. The largest absolute Gasteiger partial charge is 0.478 e. The van der Waals surface area contributed by atoms with Crippen molar-refractivity contribution in [2.24, 2.45) is 0 Å². The Bertz CT molecular complexity index is 315. The molecule has 0 heterocycles. The van der Waals surface area contributed by atoms with Crippen LogP contribution in [-0.2, 0) is 23.9 Å². The van der Waals surface area contributed by atoms with Gasteiger partial charge in [-0.1, -0.05) is 19.7 Å². The zero-order valence-corrected chi connectivity index (χ0v) is 13.9. The van der Waals surface area contributed by atoms with Gasteiger partial charge in [0.05, 0.1) is 39.6 Å². The molecule has 0 saturated carbocycles. The molecule has 0 aromatic heterocycles. The Hall–Kier alpha value is -2.53. The molecule has 10 nitrogen and oxygen atoms in total. The van der Waals surface area contributed by atoms with E-state index in [-0.39, 0.29) is 13.2 Å².